The summed E-state index contributed by atoms with van der Waals surface area (Å²) in [7, 11) is 0. The first-order valence-corrected chi connectivity index (χ1v) is 7.06. The van der Waals surface area contributed by atoms with E-state index in [1.807, 2.05) is 11.8 Å². The third-order valence-corrected chi connectivity index (χ3v) is 4.39. The third-order valence-electron chi connectivity index (χ3n) is 3.36. The van der Waals surface area contributed by atoms with Crippen molar-refractivity contribution in [2.75, 3.05) is 18.0 Å². The van der Waals surface area contributed by atoms with E-state index in [1.165, 1.54) is 0 Å². The van der Waals surface area contributed by atoms with E-state index in [-0.39, 0.29) is 12.2 Å². The quantitative estimate of drug-likeness (QED) is 0.840. The molecule has 1 saturated heterocycles. The van der Waals surface area contributed by atoms with Gasteiger partial charge in [0.05, 0.1) is 12.2 Å². The summed E-state index contributed by atoms with van der Waals surface area (Å²) in [4.78, 5) is 1.87. The van der Waals surface area contributed by atoms with E-state index in [9.17, 15) is 13.2 Å². The van der Waals surface area contributed by atoms with Gasteiger partial charge in [0.1, 0.15) is 0 Å². The molecule has 106 valence electrons. The minimum absolute atomic E-state index is 0.0117. The minimum atomic E-state index is -4.41. The number of hydrogen-bond acceptors (Lipinski definition) is 5. The number of aromatic nitrogens is 2. The number of nitrogens with zero attached hydrogens (tertiary/aromatic N) is 3. The highest BCUT2D eigenvalue weighted by atomic mass is 32.1. The van der Waals surface area contributed by atoms with Crippen molar-refractivity contribution in [3.63, 3.8) is 0 Å². The smallest absolute Gasteiger partial charge is 0.371 e. The highest BCUT2D eigenvalue weighted by molar-refractivity contribution is 7.15. The second-order valence-electron chi connectivity index (χ2n) is 5.12. The van der Waals surface area contributed by atoms with Crippen molar-refractivity contribution in [2.24, 2.45) is 5.92 Å². The average molecular weight is 293 g/mol. The topological polar surface area (TPSA) is 38.2 Å². The summed E-state index contributed by atoms with van der Waals surface area (Å²) >= 11 is 0.606. The van der Waals surface area contributed by atoms with Crippen LogP contribution < -0.4 is 4.90 Å². The Balaban J connectivity index is 1.75. The summed E-state index contributed by atoms with van der Waals surface area (Å²) in [6.45, 7) is 3.12. The number of alkyl halides is 3. The predicted molar refractivity (Wildman–Crippen MR) is 64.2 cm³/mol. The Bertz CT molecular complexity index is 460. The molecule has 1 aliphatic carbocycles. The molecule has 19 heavy (non-hydrogen) atoms. The van der Waals surface area contributed by atoms with Crippen LogP contribution in [0.5, 0.6) is 0 Å². The number of hydrogen-bond donors (Lipinski definition) is 0. The molecule has 0 N–H and O–H groups in total. The van der Waals surface area contributed by atoms with Crippen LogP contribution in [-0.2, 0) is 10.9 Å². The van der Waals surface area contributed by atoms with Crippen LogP contribution in [0.25, 0.3) is 0 Å². The van der Waals surface area contributed by atoms with Crippen molar-refractivity contribution < 1.29 is 17.9 Å². The van der Waals surface area contributed by atoms with Crippen LogP contribution >= 0.6 is 11.3 Å². The van der Waals surface area contributed by atoms with Crippen LogP contribution in [0.1, 0.15) is 24.8 Å². The molecule has 2 unspecified atom stereocenters. The SMILES string of the molecule is CC1CN(c2nnc(C(F)(F)F)s2)CC(C2CC2)O1. The van der Waals surface area contributed by atoms with Gasteiger partial charge in [-0.05, 0) is 25.7 Å². The van der Waals surface area contributed by atoms with E-state index in [4.69, 9.17) is 4.74 Å². The molecule has 2 atom stereocenters. The summed E-state index contributed by atoms with van der Waals surface area (Å²) in [5, 5.41) is 6.36. The number of anilines is 1. The number of halogens is 3. The number of morpholine rings is 1. The minimum Gasteiger partial charge on any atom is -0.371 e. The fraction of sp³-hybridized carbons (Fsp3) is 0.818. The molecule has 0 spiro atoms. The summed E-state index contributed by atoms with van der Waals surface area (Å²) < 4.78 is 43.4. The van der Waals surface area contributed by atoms with Crippen molar-refractivity contribution >= 4 is 16.5 Å². The van der Waals surface area contributed by atoms with Gasteiger partial charge in [-0.15, -0.1) is 10.2 Å². The lowest BCUT2D eigenvalue weighted by molar-refractivity contribution is -0.138. The van der Waals surface area contributed by atoms with Crippen molar-refractivity contribution in [1.29, 1.82) is 0 Å². The fourth-order valence-corrected chi connectivity index (χ4v) is 3.06. The Kier molecular flexibility index (Phi) is 3.17. The van der Waals surface area contributed by atoms with Gasteiger partial charge in [0.2, 0.25) is 10.1 Å². The highest BCUT2D eigenvalue weighted by Crippen LogP contribution is 2.39. The van der Waals surface area contributed by atoms with Gasteiger partial charge in [-0.25, -0.2) is 0 Å². The molecule has 2 fully saturated rings. The normalized spacial score (nSPS) is 28.7. The standard InChI is InChI=1S/C11H14F3N3OS/c1-6-4-17(5-8(18-6)7-2-3-7)10-16-15-9(19-10)11(12,13)14/h6-8H,2-5H2,1H3. The summed E-state index contributed by atoms with van der Waals surface area (Å²) in [5.74, 6) is 0.556. The van der Waals surface area contributed by atoms with Crippen molar-refractivity contribution in [2.45, 2.75) is 38.1 Å². The number of ether oxygens (including phenoxy) is 1. The lowest BCUT2D eigenvalue weighted by Crippen LogP contribution is -2.47. The maximum atomic E-state index is 12.5. The summed E-state index contributed by atoms with van der Waals surface area (Å²) in [5.41, 5.74) is 0. The number of rotatable bonds is 2. The molecule has 4 nitrogen and oxygen atoms in total. The predicted octanol–water partition coefficient (Wildman–Crippen LogP) is 2.56. The summed E-state index contributed by atoms with van der Waals surface area (Å²) in [6.07, 6.45) is -1.99. The average Bonchev–Trinajstić information content (AvgIpc) is 3.03. The lowest BCUT2D eigenvalue weighted by Gasteiger charge is -2.36. The Labute approximate surface area is 112 Å². The first-order valence-electron chi connectivity index (χ1n) is 6.24. The van der Waals surface area contributed by atoms with Crippen LogP contribution in [-0.4, -0.2) is 35.5 Å². The molecule has 2 aliphatic rings. The Hall–Kier alpha value is -0.890. The molecule has 3 rings (SSSR count). The first kappa shape index (κ1) is 13.1. The van der Waals surface area contributed by atoms with Gasteiger partial charge in [-0.2, -0.15) is 13.2 Å². The summed E-state index contributed by atoms with van der Waals surface area (Å²) in [6, 6.07) is 0. The van der Waals surface area contributed by atoms with Gasteiger partial charge in [-0.1, -0.05) is 11.3 Å². The molecule has 1 aliphatic heterocycles. The van der Waals surface area contributed by atoms with E-state index >= 15 is 0 Å². The van der Waals surface area contributed by atoms with Crippen molar-refractivity contribution in [1.82, 2.24) is 10.2 Å². The monoisotopic (exact) mass is 293 g/mol. The Morgan fingerprint density at radius 1 is 1.26 bits per heavy atom. The molecule has 0 radical (unpaired) electrons. The third kappa shape index (κ3) is 2.84. The van der Waals surface area contributed by atoms with Crippen LogP contribution in [0, 0.1) is 5.92 Å². The second kappa shape index (κ2) is 4.59. The van der Waals surface area contributed by atoms with Crippen LogP contribution in [0.3, 0.4) is 0 Å². The molecule has 0 amide bonds. The van der Waals surface area contributed by atoms with Crippen molar-refractivity contribution in [3.05, 3.63) is 5.01 Å². The van der Waals surface area contributed by atoms with Gasteiger partial charge in [0.25, 0.3) is 0 Å². The molecule has 1 aromatic heterocycles. The molecular weight excluding hydrogens is 279 g/mol. The molecule has 8 heteroatoms. The molecule has 1 saturated carbocycles. The first-order chi connectivity index (χ1) is 8.93. The largest absolute Gasteiger partial charge is 0.445 e. The Morgan fingerprint density at radius 3 is 2.58 bits per heavy atom. The molecule has 1 aromatic rings. The maximum Gasteiger partial charge on any atom is 0.445 e. The van der Waals surface area contributed by atoms with E-state index < -0.39 is 11.2 Å². The van der Waals surface area contributed by atoms with Gasteiger partial charge in [-0.3, -0.25) is 0 Å². The molecule has 2 heterocycles. The van der Waals surface area contributed by atoms with Crippen molar-refractivity contribution in [3.8, 4) is 0 Å². The Morgan fingerprint density at radius 2 is 2.00 bits per heavy atom. The second-order valence-corrected chi connectivity index (χ2v) is 6.07. The van der Waals surface area contributed by atoms with E-state index in [0.717, 1.165) is 12.8 Å². The van der Waals surface area contributed by atoms with E-state index in [2.05, 4.69) is 10.2 Å². The van der Waals surface area contributed by atoms with Gasteiger partial charge >= 0.3 is 6.18 Å². The zero-order valence-corrected chi connectivity index (χ0v) is 11.2. The van der Waals surface area contributed by atoms with Crippen LogP contribution in [0.4, 0.5) is 18.3 Å². The van der Waals surface area contributed by atoms with Crippen LogP contribution in [0.15, 0.2) is 0 Å². The molecule has 0 bridgehead atoms. The zero-order valence-electron chi connectivity index (χ0n) is 10.4. The highest BCUT2D eigenvalue weighted by Gasteiger charge is 2.40. The van der Waals surface area contributed by atoms with E-state index in [0.29, 0.717) is 35.5 Å². The lowest BCUT2D eigenvalue weighted by atomic mass is 10.1. The molecule has 0 aromatic carbocycles. The van der Waals surface area contributed by atoms with Gasteiger partial charge in [0, 0.05) is 13.1 Å². The zero-order chi connectivity index (χ0) is 13.6. The maximum absolute atomic E-state index is 12.5. The molecular formula is C11H14F3N3OS. The fourth-order valence-electron chi connectivity index (χ4n) is 2.33. The van der Waals surface area contributed by atoms with Crippen LogP contribution in [0.2, 0.25) is 0 Å². The van der Waals surface area contributed by atoms with Gasteiger partial charge in [0.15, 0.2) is 0 Å². The van der Waals surface area contributed by atoms with Gasteiger partial charge < -0.3 is 9.64 Å². The van der Waals surface area contributed by atoms with E-state index in [1.54, 1.807) is 0 Å².